The Morgan fingerprint density at radius 2 is 1.63 bits per heavy atom. The molecule has 0 radical (unpaired) electrons. The summed E-state index contributed by atoms with van der Waals surface area (Å²) >= 11 is 6.06. The Balaban J connectivity index is 1.65. The van der Waals surface area contributed by atoms with Crippen molar-refractivity contribution in [2.24, 2.45) is 0 Å². The quantitative estimate of drug-likeness (QED) is 0.677. The van der Waals surface area contributed by atoms with E-state index in [1.807, 2.05) is 12.1 Å². The van der Waals surface area contributed by atoms with E-state index in [9.17, 15) is 0 Å². The van der Waals surface area contributed by atoms with Crippen molar-refractivity contribution in [1.29, 1.82) is 0 Å². The molecule has 0 aromatic heterocycles. The molecule has 0 amide bonds. The van der Waals surface area contributed by atoms with Crippen LogP contribution in [0.15, 0.2) is 48.5 Å². The number of hydrogen-bond donors (Lipinski definition) is 0. The third-order valence-electron chi connectivity index (χ3n) is 5.54. The molecule has 1 aliphatic rings. The standard InChI is InChI=1S/C23H32ClN3/c1-4-7-23(25(2)3)27-16-14-26(15-17-27)18-20-8-5-6-9-22(20)19-10-12-21(24)13-11-19/h5-6,8-13,23H,4,7,14-18H2,1-3H3. The molecule has 1 atom stereocenters. The number of halogens is 1. The Bertz CT molecular complexity index is 706. The molecule has 0 N–H and O–H groups in total. The molecule has 1 fully saturated rings. The highest BCUT2D eigenvalue weighted by molar-refractivity contribution is 6.30. The summed E-state index contributed by atoms with van der Waals surface area (Å²) in [6.07, 6.45) is 3.04. The van der Waals surface area contributed by atoms with Crippen LogP contribution in [0.3, 0.4) is 0 Å². The van der Waals surface area contributed by atoms with Gasteiger partial charge < -0.3 is 0 Å². The Morgan fingerprint density at radius 1 is 0.963 bits per heavy atom. The molecule has 146 valence electrons. The molecule has 2 aromatic rings. The second-order valence-corrected chi connectivity index (χ2v) is 8.15. The minimum absolute atomic E-state index is 0.568. The summed E-state index contributed by atoms with van der Waals surface area (Å²) in [5.41, 5.74) is 3.95. The van der Waals surface area contributed by atoms with Gasteiger partial charge in [0.05, 0.1) is 6.17 Å². The largest absolute Gasteiger partial charge is 0.297 e. The number of hydrogen-bond acceptors (Lipinski definition) is 3. The van der Waals surface area contributed by atoms with Crippen molar-refractivity contribution >= 4 is 11.6 Å². The van der Waals surface area contributed by atoms with Crippen molar-refractivity contribution in [3.05, 3.63) is 59.1 Å². The zero-order valence-corrected chi connectivity index (χ0v) is 17.6. The molecule has 1 saturated heterocycles. The van der Waals surface area contributed by atoms with E-state index in [4.69, 9.17) is 11.6 Å². The van der Waals surface area contributed by atoms with E-state index in [0.717, 1.165) is 37.7 Å². The van der Waals surface area contributed by atoms with Gasteiger partial charge in [-0.25, -0.2) is 0 Å². The van der Waals surface area contributed by atoms with Gasteiger partial charge in [0.2, 0.25) is 0 Å². The minimum atomic E-state index is 0.568. The smallest absolute Gasteiger partial charge is 0.0618 e. The number of rotatable bonds is 7. The molecular formula is C23H32ClN3. The van der Waals surface area contributed by atoms with Crippen LogP contribution < -0.4 is 0 Å². The van der Waals surface area contributed by atoms with Gasteiger partial charge in [0.25, 0.3) is 0 Å². The van der Waals surface area contributed by atoms with Crippen LogP contribution in [0, 0.1) is 0 Å². The van der Waals surface area contributed by atoms with Gasteiger partial charge >= 0.3 is 0 Å². The first-order valence-electron chi connectivity index (χ1n) is 10.0. The van der Waals surface area contributed by atoms with Gasteiger partial charge in [-0.15, -0.1) is 0 Å². The number of nitrogens with zero attached hydrogens (tertiary/aromatic N) is 3. The summed E-state index contributed by atoms with van der Waals surface area (Å²) in [7, 11) is 4.41. The highest BCUT2D eigenvalue weighted by Gasteiger charge is 2.24. The van der Waals surface area contributed by atoms with Gasteiger partial charge in [-0.05, 0) is 49.3 Å². The highest BCUT2D eigenvalue weighted by atomic mass is 35.5. The molecule has 27 heavy (non-hydrogen) atoms. The van der Waals surface area contributed by atoms with Crippen molar-refractivity contribution in [3.63, 3.8) is 0 Å². The lowest BCUT2D eigenvalue weighted by Crippen LogP contribution is -2.54. The summed E-state index contributed by atoms with van der Waals surface area (Å²) in [6, 6.07) is 16.9. The summed E-state index contributed by atoms with van der Waals surface area (Å²) in [5.74, 6) is 0. The van der Waals surface area contributed by atoms with Gasteiger partial charge in [-0.3, -0.25) is 14.7 Å². The minimum Gasteiger partial charge on any atom is -0.297 e. The van der Waals surface area contributed by atoms with Crippen LogP contribution in [0.25, 0.3) is 11.1 Å². The monoisotopic (exact) mass is 385 g/mol. The Hall–Kier alpha value is -1.39. The maximum Gasteiger partial charge on any atom is 0.0618 e. The van der Waals surface area contributed by atoms with Gasteiger partial charge in [-0.1, -0.05) is 61.3 Å². The van der Waals surface area contributed by atoms with Gasteiger partial charge in [0.1, 0.15) is 0 Å². The van der Waals surface area contributed by atoms with Crippen LogP contribution in [0.2, 0.25) is 5.02 Å². The van der Waals surface area contributed by atoms with Gasteiger partial charge in [0.15, 0.2) is 0 Å². The molecule has 1 unspecified atom stereocenters. The van der Waals surface area contributed by atoms with Crippen molar-refractivity contribution in [2.75, 3.05) is 40.3 Å². The lowest BCUT2D eigenvalue weighted by Gasteiger charge is -2.42. The van der Waals surface area contributed by atoms with Crippen LogP contribution in [-0.4, -0.2) is 61.1 Å². The first-order valence-corrected chi connectivity index (χ1v) is 10.4. The molecule has 1 aliphatic heterocycles. The number of benzene rings is 2. The van der Waals surface area contributed by atoms with E-state index in [1.54, 1.807) is 0 Å². The van der Waals surface area contributed by atoms with Crippen LogP contribution in [-0.2, 0) is 6.54 Å². The first kappa shape index (κ1) is 20.3. The summed E-state index contributed by atoms with van der Waals surface area (Å²) in [5, 5.41) is 0.787. The summed E-state index contributed by atoms with van der Waals surface area (Å²) in [6.45, 7) is 7.83. The van der Waals surface area contributed by atoms with Crippen molar-refractivity contribution < 1.29 is 0 Å². The average Bonchev–Trinajstić information content (AvgIpc) is 2.68. The van der Waals surface area contributed by atoms with Crippen LogP contribution in [0.5, 0.6) is 0 Å². The third kappa shape index (κ3) is 5.32. The second kappa shape index (κ2) is 9.70. The first-order chi connectivity index (χ1) is 13.1. The fraction of sp³-hybridized carbons (Fsp3) is 0.478. The molecule has 2 aromatic carbocycles. The molecular weight excluding hydrogens is 354 g/mol. The van der Waals surface area contributed by atoms with Crippen molar-refractivity contribution in [1.82, 2.24) is 14.7 Å². The molecule has 0 aliphatic carbocycles. The Kier molecular flexibility index (Phi) is 7.31. The zero-order valence-electron chi connectivity index (χ0n) is 16.9. The maximum atomic E-state index is 6.06. The zero-order chi connectivity index (χ0) is 19.2. The molecule has 0 spiro atoms. The van der Waals surface area contributed by atoms with E-state index >= 15 is 0 Å². The molecule has 0 saturated carbocycles. The molecule has 0 bridgehead atoms. The van der Waals surface area contributed by atoms with E-state index in [1.165, 1.54) is 29.5 Å². The predicted molar refractivity (Wildman–Crippen MR) is 116 cm³/mol. The normalized spacial score (nSPS) is 17.4. The van der Waals surface area contributed by atoms with Crippen molar-refractivity contribution in [3.8, 4) is 11.1 Å². The lowest BCUT2D eigenvalue weighted by atomic mass is 9.99. The average molecular weight is 386 g/mol. The third-order valence-corrected chi connectivity index (χ3v) is 5.79. The van der Waals surface area contributed by atoms with Crippen LogP contribution >= 0.6 is 11.6 Å². The predicted octanol–water partition coefficient (Wildman–Crippen LogP) is 4.81. The van der Waals surface area contributed by atoms with Gasteiger partial charge in [0, 0.05) is 37.7 Å². The maximum absolute atomic E-state index is 6.06. The molecule has 3 rings (SSSR count). The van der Waals surface area contributed by atoms with Crippen molar-refractivity contribution in [2.45, 2.75) is 32.5 Å². The fourth-order valence-electron chi connectivity index (χ4n) is 4.06. The second-order valence-electron chi connectivity index (χ2n) is 7.71. The van der Waals surface area contributed by atoms with E-state index in [0.29, 0.717) is 6.17 Å². The topological polar surface area (TPSA) is 9.72 Å². The van der Waals surface area contributed by atoms with E-state index < -0.39 is 0 Å². The summed E-state index contributed by atoms with van der Waals surface area (Å²) < 4.78 is 0. The van der Waals surface area contributed by atoms with Crippen LogP contribution in [0.1, 0.15) is 25.3 Å². The van der Waals surface area contributed by atoms with Gasteiger partial charge in [-0.2, -0.15) is 0 Å². The Morgan fingerprint density at radius 3 is 2.26 bits per heavy atom. The van der Waals surface area contributed by atoms with E-state index in [2.05, 4.69) is 72.1 Å². The molecule has 1 heterocycles. The Labute approximate surface area is 169 Å². The fourth-order valence-corrected chi connectivity index (χ4v) is 4.18. The number of piperazine rings is 1. The van der Waals surface area contributed by atoms with Crippen LogP contribution in [0.4, 0.5) is 0 Å². The highest BCUT2D eigenvalue weighted by Crippen LogP contribution is 2.26. The molecule has 4 heteroatoms. The van der Waals surface area contributed by atoms with E-state index in [-0.39, 0.29) is 0 Å². The lowest BCUT2D eigenvalue weighted by molar-refractivity contribution is 0.0243. The SMILES string of the molecule is CCCC(N(C)C)N1CCN(Cc2ccccc2-c2ccc(Cl)cc2)CC1. The molecule has 3 nitrogen and oxygen atoms in total. The summed E-state index contributed by atoms with van der Waals surface area (Å²) in [4.78, 5) is 7.60.